The number of aryl methyl sites for hydroxylation is 1. The van der Waals surface area contributed by atoms with Crippen molar-refractivity contribution >= 4 is 0 Å². The summed E-state index contributed by atoms with van der Waals surface area (Å²) in [5, 5.41) is 0. The quantitative estimate of drug-likeness (QED) is 0.871. The molecule has 3 rings (SSSR count). The second-order valence-corrected chi connectivity index (χ2v) is 6.08. The number of hydrogen-bond acceptors (Lipinski definition) is 4. The standard InChI is InChI=1S/C18H23N3O/c1-13-11-17(14-6-8-16(22-3)9-7-14)20-18(19-13)15-5-4-10-21(2)12-15/h6-9,11,15H,4-5,10,12H2,1-3H3. The summed E-state index contributed by atoms with van der Waals surface area (Å²) in [7, 11) is 3.86. The Balaban J connectivity index is 1.91. The Hall–Kier alpha value is -1.94. The van der Waals surface area contributed by atoms with E-state index in [0.717, 1.165) is 35.1 Å². The lowest BCUT2D eigenvalue weighted by molar-refractivity contribution is 0.246. The molecule has 4 nitrogen and oxygen atoms in total. The van der Waals surface area contributed by atoms with Crippen LogP contribution in [0.5, 0.6) is 5.75 Å². The maximum absolute atomic E-state index is 5.22. The molecule has 0 radical (unpaired) electrons. The molecule has 1 unspecified atom stereocenters. The first-order chi connectivity index (χ1) is 10.7. The molecule has 0 N–H and O–H groups in total. The fraction of sp³-hybridized carbons (Fsp3) is 0.444. The van der Waals surface area contributed by atoms with Crippen molar-refractivity contribution in [2.45, 2.75) is 25.7 Å². The molecule has 22 heavy (non-hydrogen) atoms. The summed E-state index contributed by atoms with van der Waals surface area (Å²) in [4.78, 5) is 11.9. The van der Waals surface area contributed by atoms with Crippen LogP contribution in [-0.4, -0.2) is 42.1 Å². The Morgan fingerprint density at radius 1 is 1.18 bits per heavy atom. The lowest BCUT2D eigenvalue weighted by Gasteiger charge is -2.28. The van der Waals surface area contributed by atoms with E-state index in [9.17, 15) is 0 Å². The number of likely N-dealkylation sites (N-methyl/N-ethyl adjacent to an activating group) is 1. The van der Waals surface area contributed by atoms with Gasteiger partial charge in [-0.1, -0.05) is 0 Å². The van der Waals surface area contributed by atoms with Crippen LogP contribution < -0.4 is 4.74 Å². The minimum atomic E-state index is 0.440. The Bertz CT molecular complexity index is 639. The Kier molecular flexibility index (Phi) is 4.39. The first-order valence-electron chi connectivity index (χ1n) is 7.84. The van der Waals surface area contributed by atoms with E-state index in [1.807, 2.05) is 19.1 Å². The van der Waals surface area contributed by atoms with E-state index in [4.69, 9.17) is 9.72 Å². The van der Waals surface area contributed by atoms with Crippen molar-refractivity contribution in [3.63, 3.8) is 0 Å². The van der Waals surface area contributed by atoms with Gasteiger partial charge in [-0.3, -0.25) is 0 Å². The van der Waals surface area contributed by atoms with Gasteiger partial charge in [0.15, 0.2) is 0 Å². The van der Waals surface area contributed by atoms with Crippen molar-refractivity contribution in [3.8, 4) is 17.0 Å². The van der Waals surface area contributed by atoms with E-state index in [-0.39, 0.29) is 0 Å². The molecular formula is C18H23N3O. The van der Waals surface area contributed by atoms with Crippen molar-refractivity contribution in [3.05, 3.63) is 41.9 Å². The minimum Gasteiger partial charge on any atom is -0.497 e. The number of benzene rings is 1. The normalized spacial score (nSPS) is 19.1. The predicted octanol–water partition coefficient (Wildman–Crippen LogP) is 3.27. The zero-order chi connectivity index (χ0) is 15.5. The average molecular weight is 297 g/mol. The third kappa shape index (κ3) is 3.28. The van der Waals surface area contributed by atoms with Crippen LogP contribution in [0, 0.1) is 6.92 Å². The molecule has 1 atom stereocenters. The summed E-state index contributed by atoms with van der Waals surface area (Å²) in [6.07, 6.45) is 2.40. The molecule has 0 spiro atoms. The molecule has 4 heteroatoms. The molecule has 1 saturated heterocycles. The summed E-state index contributed by atoms with van der Waals surface area (Å²) >= 11 is 0. The van der Waals surface area contributed by atoms with E-state index in [1.165, 1.54) is 19.4 Å². The minimum absolute atomic E-state index is 0.440. The molecule has 1 aliphatic heterocycles. The highest BCUT2D eigenvalue weighted by Gasteiger charge is 2.22. The van der Waals surface area contributed by atoms with Crippen LogP contribution in [0.15, 0.2) is 30.3 Å². The van der Waals surface area contributed by atoms with Crippen LogP contribution in [0.1, 0.15) is 30.3 Å². The van der Waals surface area contributed by atoms with Crippen LogP contribution in [0.2, 0.25) is 0 Å². The van der Waals surface area contributed by atoms with Crippen LogP contribution in [0.3, 0.4) is 0 Å². The van der Waals surface area contributed by atoms with Gasteiger partial charge in [0.1, 0.15) is 11.6 Å². The third-order valence-electron chi connectivity index (χ3n) is 4.25. The summed E-state index contributed by atoms with van der Waals surface area (Å²) in [6.45, 7) is 4.27. The summed E-state index contributed by atoms with van der Waals surface area (Å²) < 4.78 is 5.22. The lowest BCUT2D eigenvalue weighted by Crippen LogP contribution is -2.31. The molecule has 0 amide bonds. The summed E-state index contributed by atoms with van der Waals surface area (Å²) in [5.74, 6) is 2.29. The number of nitrogens with zero attached hydrogens (tertiary/aromatic N) is 3. The second kappa shape index (κ2) is 6.44. The Labute approximate surface area is 132 Å². The molecule has 1 aromatic heterocycles. The number of rotatable bonds is 3. The summed E-state index contributed by atoms with van der Waals surface area (Å²) in [6, 6.07) is 10.1. The molecule has 2 aromatic rings. The molecule has 1 aliphatic rings. The molecule has 1 fully saturated rings. The molecular weight excluding hydrogens is 274 g/mol. The van der Waals surface area contributed by atoms with Gasteiger partial charge in [0.05, 0.1) is 12.8 Å². The molecule has 0 saturated carbocycles. The largest absolute Gasteiger partial charge is 0.497 e. The highest BCUT2D eigenvalue weighted by Crippen LogP contribution is 2.27. The monoisotopic (exact) mass is 297 g/mol. The number of methoxy groups -OCH3 is 1. The van der Waals surface area contributed by atoms with Crippen LogP contribution in [-0.2, 0) is 0 Å². The van der Waals surface area contributed by atoms with Gasteiger partial charge in [-0.2, -0.15) is 0 Å². The highest BCUT2D eigenvalue weighted by atomic mass is 16.5. The Morgan fingerprint density at radius 3 is 2.64 bits per heavy atom. The summed E-state index contributed by atoms with van der Waals surface area (Å²) in [5.41, 5.74) is 3.14. The van der Waals surface area contributed by atoms with Crippen molar-refractivity contribution in [1.82, 2.24) is 14.9 Å². The predicted molar refractivity (Wildman–Crippen MR) is 88.2 cm³/mol. The van der Waals surface area contributed by atoms with Crippen LogP contribution in [0.4, 0.5) is 0 Å². The fourth-order valence-electron chi connectivity index (χ4n) is 3.06. The van der Waals surface area contributed by atoms with E-state index in [0.29, 0.717) is 5.92 Å². The number of ether oxygens (including phenoxy) is 1. The molecule has 116 valence electrons. The van der Waals surface area contributed by atoms with E-state index in [2.05, 4.69) is 35.1 Å². The van der Waals surface area contributed by atoms with Gasteiger partial charge in [0.25, 0.3) is 0 Å². The lowest BCUT2D eigenvalue weighted by atomic mass is 9.97. The van der Waals surface area contributed by atoms with Crippen molar-refractivity contribution in [2.24, 2.45) is 0 Å². The smallest absolute Gasteiger partial charge is 0.133 e. The van der Waals surface area contributed by atoms with Gasteiger partial charge in [-0.15, -0.1) is 0 Å². The van der Waals surface area contributed by atoms with Crippen LogP contribution >= 0.6 is 0 Å². The fourth-order valence-corrected chi connectivity index (χ4v) is 3.06. The van der Waals surface area contributed by atoms with Gasteiger partial charge < -0.3 is 9.64 Å². The molecule has 0 bridgehead atoms. The van der Waals surface area contributed by atoms with Crippen molar-refractivity contribution < 1.29 is 4.74 Å². The van der Waals surface area contributed by atoms with E-state index >= 15 is 0 Å². The maximum Gasteiger partial charge on any atom is 0.133 e. The van der Waals surface area contributed by atoms with Crippen LogP contribution in [0.25, 0.3) is 11.3 Å². The second-order valence-electron chi connectivity index (χ2n) is 6.08. The topological polar surface area (TPSA) is 38.2 Å². The van der Waals surface area contributed by atoms with Crippen molar-refractivity contribution in [1.29, 1.82) is 0 Å². The van der Waals surface area contributed by atoms with E-state index in [1.54, 1.807) is 7.11 Å². The highest BCUT2D eigenvalue weighted by molar-refractivity contribution is 5.60. The first-order valence-corrected chi connectivity index (χ1v) is 7.84. The zero-order valence-corrected chi connectivity index (χ0v) is 13.5. The van der Waals surface area contributed by atoms with Gasteiger partial charge in [0, 0.05) is 23.7 Å². The third-order valence-corrected chi connectivity index (χ3v) is 4.25. The first kappa shape index (κ1) is 15.0. The Morgan fingerprint density at radius 2 is 1.95 bits per heavy atom. The van der Waals surface area contributed by atoms with E-state index < -0.39 is 0 Å². The maximum atomic E-state index is 5.22. The van der Waals surface area contributed by atoms with Gasteiger partial charge >= 0.3 is 0 Å². The zero-order valence-electron chi connectivity index (χ0n) is 13.5. The number of aromatic nitrogens is 2. The molecule has 2 heterocycles. The molecule has 0 aliphatic carbocycles. The number of likely N-dealkylation sites (tertiary alicyclic amines) is 1. The number of piperidine rings is 1. The SMILES string of the molecule is COc1ccc(-c2cc(C)nc(C3CCCN(C)C3)n2)cc1. The number of hydrogen-bond donors (Lipinski definition) is 0. The van der Waals surface area contributed by atoms with Gasteiger partial charge in [-0.05, 0) is 63.7 Å². The van der Waals surface area contributed by atoms with Crippen molar-refractivity contribution in [2.75, 3.05) is 27.2 Å². The van der Waals surface area contributed by atoms with Gasteiger partial charge in [-0.25, -0.2) is 9.97 Å². The molecule has 1 aromatic carbocycles. The average Bonchev–Trinajstić information content (AvgIpc) is 2.54. The van der Waals surface area contributed by atoms with Gasteiger partial charge in [0.2, 0.25) is 0 Å².